The molecule has 2 aromatic carbocycles. The van der Waals surface area contributed by atoms with Crippen LogP contribution in [0.4, 0.5) is 15.8 Å². The molecule has 0 fully saturated rings. The van der Waals surface area contributed by atoms with E-state index in [2.05, 4.69) is 17.0 Å². The number of amides is 1. The van der Waals surface area contributed by atoms with Gasteiger partial charge in [-0.1, -0.05) is 18.2 Å². The number of nitrogens with zero attached hydrogens (tertiary/aromatic N) is 1. The molecule has 0 saturated carbocycles. The monoisotopic (exact) mass is 242 g/mol. The average molecular weight is 242 g/mol. The first kappa shape index (κ1) is 12.0. The number of hydrogen-bond donors (Lipinski definition) is 1. The van der Waals surface area contributed by atoms with Crippen LogP contribution >= 0.6 is 0 Å². The van der Waals surface area contributed by atoms with Crippen molar-refractivity contribution in [1.29, 1.82) is 0 Å². The van der Waals surface area contributed by atoms with Crippen LogP contribution in [0, 0.1) is 5.82 Å². The lowest BCUT2D eigenvalue weighted by Crippen LogP contribution is -2.12. The number of carbonyl (C=O) groups is 1. The maximum atomic E-state index is 13.0. The average Bonchev–Trinajstić information content (AvgIpc) is 2.39. The third kappa shape index (κ3) is 2.60. The molecular formula is C14H11FN2O. The second kappa shape index (κ2) is 5.23. The number of rotatable bonds is 3. The van der Waals surface area contributed by atoms with E-state index in [-0.39, 0.29) is 11.5 Å². The zero-order valence-electron chi connectivity index (χ0n) is 9.56. The predicted molar refractivity (Wildman–Crippen MR) is 70.0 cm³/mol. The van der Waals surface area contributed by atoms with Gasteiger partial charge in [-0.3, -0.25) is 9.79 Å². The Morgan fingerprint density at radius 1 is 1.17 bits per heavy atom. The fourth-order valence-electron chi connectivity index (χ4n) is 1.54. The van der Waals surface area contributed by atoms with Crippen LogP contribution in [-0.2, 0) is 0 Å². The third-order valence-corrected chi connectivity index (χ3v) is 2.41. The van der Waals surface area contributed by atoms with Crippen molar-refractivity contribution in [3.8, 4) is 0 Å². The molecule has 1 amide bonds. The van der Waals surface area contributed by atoms with E-state index in [1.54, 1.807) is 30.3 Å². The van der Waals surface area contributed by atoms with Crippen LogP contribution in [0.2, 0.25) is 0 Å². The molecule has 0 aromatic heterocycles. The Labute approximate surface area is 104 Å². The van der Waals surface area contributed by atoms with E-state index < -0.39 is 5.82 Å². The number of nitrogens with one attached hydrogen (secondary N) is 1. The summed E-state index contributed by atoms with van der Waals surface area (Å²) in [5.41, 5.74) is 1.37. The van der Waals surface area contributed by atoms with Gasteiger partial charge >= 0.3 is 0 Å². The van der Waals surface area contributed by atoms with E-state index in [1.807, 2.05) is 0 Å². The van der Waals surface area contributed by atoms with Crippen LogP contribution in [0.3, 0.4) is 0 Å². The summed E-state index contributed by atoms with van der Waals surface area (Å²) in [6.07, 6.45) is 0. The third-order valence-electron chi connectivity index (χ3n) is 2.41. The van der Waals surface area contributed by atoms with E-state index in [4.69, 9.17) is 0 Å². The highest BCUT2D eigenvalue weighted by Crippen LogP contribution is 2.24. The summed E-state index contributed by atoms with van der Waals surface area (Å²) < 4.78 is 13.0. The van der Waals surface area contributed by atoms with Gasteiger partial charge in [0.15, 0.2) is 0 Å². The standard InChI is InChI=1S/C14H11FN2O/c1-16-12-7-2-3-8-13(12)17-14(18)10-5-4-6-11(15)9-10/h2-9H,1H2,(H,17,18). The summed E-state index contributed by atoms with van der Waals surface area (Å²) >= 11 is 0. The summed E-state index contributed by atoms with van der Waals surface area (Å²) in [5, 5.41) is 2.67. The molecule has 0 aliphatic rings. The molecule has 0 bridgehead atoms. The fourth-order valence-corrected chi connectivity index (χ4v) is 1.54. The Balaban J connectivity index is 2.24. The molecule has 0 aliphatic heterocycles. The fraction of sp³-hybridized carbons (Fsp3) is 0. The molecule has 0 atom stereocenters. The summed E-state index contributed by atoms with van der Waals surface area (Å²) in [6, 6.07) is 12.5. The first-order chi connectivity index (χ1) is 8.70. The maximum Gasteiger partial charge on any atom is 0.255 e. The lowest BCUT2D eigenvalue weighted by atomic mass is 10.2. The van der Waals surface area contributed by atoms with Gasteiger partial charge in [0.1, 0.15) is 5.82 Å². The molecule has 2 rings (SSSR count). The molecule has 0 spiro atoms. The van der Waals surface area contributed by atoms with Crippen LogP contribution in [-0.4, -0.2) is 12.6 Å². The highest BCUT2D eigenvalue weighted by Gasteiger charge is 2.08. The normalized spacial score (nSPS) is 9.83. The number of anilines is 1. The number of aliphatic imine (C=N–C) groups is 1. The number of carbonyl (C=O) groups excluding carboxylic acids is 1. The summed E-state index contributed by atoms with van der Waals surface area (Å²) in [6.45, 7) is 3.42. The first-order valence-electron chi connectivity index (χ1n) is 5.33. The molecule has 4 heteroatoms. The Morgan fingerprint density at radius 3 is 2.67 bits per heavy atom. The zero-order chi connectivity index (χ0) is 13.0. The van der Waals surface area contributed by atoms with Gasteiger partial charge < -0.3 is 5.32 Å². The number of para-hydroxylation sites is 2. The van der Waals surface area contributed by atoms with Gasteiger partial charge in [-0.25, -0.2) is 4.39 Å². The summed E-state index contributed by atoms with van der Waals surface area (Å²) in [4.78, 5) is 15.7. The lowest BCUT2D eigenvalue weighted by Gasteiger charge is -2.07. The molecule has 3 nitrogen and oxygen atoms in total. The van der Waals surface area contributed by atoms with E-state index in [9.17, 15) is 9.18 Å². The van der Waals surface area contributed by atoms with Gasteiger partial charge in [0.05, 0.1) is 11.4 Å². The summed E-state index contributed by atoms with van der Waals surface area (Å²) in [7, 11) is 0. The van der Waals surface area contributed by atoms with Gasteiger partial charge in [-0.2, -0.15) is 0 Å². The van der Waals surface area contributed by atoms with Gasteiger partial charge in [0, 0.05) is 5.56 Å². The Bertz CT molecular complexity index is 596. The molecule has 2 aromatic rings. The molecular weight excluding hydrogens is 231 g/mol. The minimum absolute atomic E-state index is 0.258. The van der Waals surface area contributed by atoms with Gasteiger partial charge in [0.2, 0.25) is 0 Å². The highest BCUT2D eigenvalue weighted by atomic mass is 19.1. The van der Waals surface area contributed by atoms with Crippen LogP contribution in [0.1, 0.15) is 10.4 Å². The molecule has 0 aliphatic carbocycles. The van der Waals surface area contributed by atoms with Crippen molar-refractivity contribution in [2.24, 2.45) is 4.99 Å². The van der Waals surface area contributed by atoms with Crippen LogP contribution in [0.5, 0.6) is 0 Å². The summed E-state index contributed by atoms with van der Waals surface area (Å²) in [5.74, 6) is -0.830. The van der Waals surface area contributed by atoms with Crippen LogP contribution in [0.25, 0.3) is 0 Å². The molecule has 90 valence electrons. The van der Waals surface area contributed by atoms with Crippen molar-refractivity contribution in [1.82, 2.24) is 0 Å². The van der Waals surface area contributed by atoms with Gasteiger partial charge in [-0.15, -0.1) is 0 Å². The molecule has 0 saturated heterocycles. The molecule has 18 heavy (non-hydrogen) atoms. The van der Waals surface area contributed by atoms with Crippen molar-refractivity contribution in [2.75, 3.05) is 5.32 Å². The zero-order valence-corrected chi connectivity index (χ0v) is 9.56. The van der Waals surface area contributed by atoms with Crippen molar-refractivity contribution >= 4 is 24.0 Å². The van der Waals surface area contributed by atoms with Crippen molar-refractivity contribution in [3.05, 3.63) is 59.9 Å². The smallest absolute Gasteiger partial charge is 0.255 e. The minimum atomic E-state index is -0.446. The van der Waals surface area contributed by atoms with E-state index in [0.29, 0.717) is 11.4 Å². The first-order valence-corrected chi connectivity index (χ1v) is 5.33. The highest BCUT2D eigenvalue weighted by molar-refractivity contribution is 6.05. The molecule has 0 heterocycles. The number of hydrogen-bond acceptors (Lipinski definition) is 2. The Morgan fingerprint density at radius 2 is 1.94 bits per heavy atom. The topological polar surface area (TPSA) is 41.5 Å². The lowest BCUT2D eigenvalue weighted by molar-refractivity contribution is 0.102. The predicted octanol–water partition coefficient (Wildman–Crippen LogP) is 3.41. The molecule has 1 N–H and O–H groups in total. The van der Waals surface area contributed by atoms with Gasteiger partial charge in [0.25, 0.3) is 5.91 Å². The van der Waals surface area contributed by atoms with Crippen LogP contribution < -0.4 is 5.32 Å². The van der Waals surface area contributed by atoms with E-state index in [1.165, 1.54) is 18.2 Å². The Hall–Kier alpha value is -2.49. The second-order valence-corrected chi connectivity index (χ2v) is 3.64. The van der Waals surface area contributed by atoms with Crippen molar-refractivity contribution in [3.63, 3.8) is 0 Å². The van der Waals surface area contributed by atoms with E-state index in [0.717, 1.165) is 0 Å². The largest absolute Gasteiger partial charge is 0.320 e. The maximum absolute atomic E-state index is 13.0. The van der Waals surface area contributed by atoms with Crippen molar-refractivity contribution < 1.29 is 9.18 Å². The van der Waals surface area contributed by atoms with Crippen molar-refractivity contribution in [2.45, 2.75) is 0 Å². The SMILES string of the molecule is C=Nc1ccccc1NC(=O)c1cccc(F)c1. The second-order valence-electron chi connectivity index (χ2n) is 3.64. The molecule has 0 radical (unpaired) electrons. The van der Waals surface area contributed by atoms with Crippen LogP contribution in [0.15, 0.2) is 53.5 Å². The quantitative estimate of drug-likeness (QED) is 0.823. The Kier molecular flexibility index (Phi) is 3.48. The minimum Gasteiger partial charge on any atom is -0.320 e. The van der Waals surface area contributed by atoms with Gasteiger partial charge in [-0.05, 0) is 37.0 Å². The number of halogens is 1. The molecule has 0 unspecified atom stereocenters. The van der Waals surface area contributed by atoms with E-state index >= 15 is 0 Å². The number of benzene rings is 2.